The van der Waals surface area contributed by atoms with Gasteiger partial charge in [0.1, 0.15) is 0 Å². The molecule has 1 nitrogen and oxygen atoms in total. The molecule has 1 atom stereocenters. The van der Waals surface area contributed by atoms with E-state index in [1.54, 1.807) is 0 Å². The van der Waals surface area contributed by atoms with Gasteiger partial charge in [-0.15, -0.1) is 0 Å². The van der Waals surface area contributed by atoms with Gasteiger partial charge in [-0.05, 0) is 25.8 Å². The van der Waals surface area contributed by atoms with Gasteiger partial charge in [0, 0.05) is 6.04 Å². The van der Waals surface area contributed by atoms with Crippen molar-refractivity contribution < 1.29 is 0 Å². The van der Waals surface area contributed by atoms with Crippen LogP contribution < -0.4 is 5.32 Å². The van der Waals surface area contributed by atoms with Crippen LogP contribution >= 0.6 is 0 Å². The number of hydrogen-bond acceptors (Lipinski definition) is 1. The first-order valence-electron chi connectivity index (χ1n) is 6.45. The summed E-state index contributed by atoms with van der Waals surface area (Å²) in [6.07, 6.45) is 9.52. The molecule has 0 bridgehead atoms. The average Bonchev–Trinajstić information content (AvgIpc) is 2.23. The van der Waals surface area contributed by atoms with Gasteiger partial charge in [0.25, 0.3) is 0 Å². The second-order valence-corrected chi connectivity index (χ2v) is 4.40. The summed E-state index contributed by atoms with van der Waals surface area (Å²) in [5.74, 6) is 0.925. The molecule has 86 valence electrons. The van der Waals surface area contributed by atoms with E-state index in [9.17, 15) is 0 Å². The van der Waals surface area contributed by atoms with Gasteiger partial charge in [-0.1, -0.05) is 52.9 Å². The molecule has 0 aromatic carbocycles. The number of rotatable bonds is 9. The maximum Gasteiger partial charge on any atom is 0.00666 e. The first kappa shape index (κ1) is 14.0. The summed E-state index contributed by atoms with van der Waals surface area (Å²) in [6.45, 7) is 6.90. The van der Waals surface area contributed by atoms with Crippen LogP contribution in [0.15, 0.2) is 0 Å². The van der Waals surface area contributed by atoms with E-state index >= 15 is 0 Å². The minimum Gasteiger partial charge on any atom is -0.317 e. The quantitative estimate of drug-likeness (QED) is 0.554. The maximum absolute atomic E-state index is 3.46. The van der Waals surface area contributed by atoms with E-state index in [4.69, 9.17) is 0 Å². The molecular formula is C13H29N. The first-order chi connectivity index (χ1) is 6.78. The lowest BCUT2D eigenvalue weighted by Gasteiger charge is -2.21. The fourth-order valence-corrected chi connectivity index (χ4v) is 2.05. The van der Waals surface area contributed by atoms with Crippen LogP contribution in [0.4, 0.5) is 0 Å². The Hall–Kier alpha value is -0.0400. The molecule has 0 fully saturated rings. The predicted molar refractivity (Wildman–Crippen MR) is 65.7 cm³/mol. The first-order valence-corrected chi connectivity index (χ1v) is 6.45. The molecule has 0 spiro atoms. The molecule has 1 heteroatoms. The topological polar surface area (TPSA) is 12.0 Å². The van der Waals surface area contributed by atoms with Crippen molar-refractivity contribution in [3.05, 3.63) is 0 Å². The van der Waals surface area contributed by atoms with Crippen molar-refractivity contribution >= 4 is 0 Å². The largest absolute Gasteiger partial charge is 0.317 e. The molecule has 1 unspecified atom stereocenters. The third-order valence-electron chi connectivity index (χ3n) is 3.34. The highest BCUT2D eigenvalue weighted by molar-refractivity contribution is 4.69. The van der Waals surface area contributed by atoms with Crippen LogP contribution in [-0.2, 0) is 0 Å². The van der Waals surface area contributed by atoms with Crippen molar-refractivity contribution in [3.8, 4) is 0 Å². The zero-order valence-electron chi connectivity index (χ0n) is 10.6. The lowest BCUT2D eigenvalue weighted by Crippen LogP contribution is -2.27. The summed E-state index contributed by atoms with van der Waals surface area (Å²) in [6, 6.07) is 0.756. The third kappa shape index (κ3) is 6.42. The summed E-state index contributed by atoms with van der Waals surface area (Å²) in [4.78, 5) is 0. The fraction of sp³-hybridized carbons (Fsp3) is 1.00. The number of nitrogens with one attached hydrogen (secondary N) is 1. The van der Waals surface area contributed by atoms with E-state index in [-0.39, 0.29) is 0 Å². The molecule has 0 radical (unpaired) electrons. The minimum atomic E-state index is 0.756. The Morgan fingerprint density at radius 3 is 2.07 bits per heavy atom. The molecule has 0 amide bonds. The molecular weight excluding hydrogens is 170 g/mol. The fourth-order valence-electron chi connectivity index (χ4n) is 2.05. The van der Waals surface area contributed by atoms with Crippen molar-refractivity contribution in [3.63, 3.8) is 0 Å². The van der Waals surface area contributed by atoms with Gasteiger partial charge in [-0.3, -0.25) is 0 Å². The van der Waals surface area contributed by atoms with E-state index in [0.29, 0.717) is 0 Å². The van der Waals surface area contributed by atoms with Crippen molar-refractivity contribution in [2.24, 2.45) is 5.92 Å². The third-order valence-corrected chi connectivity index (χ3v) is 3.34. The van der Waals surface area contributed by atoms with Crippen molar-refractivity contribution in [2.45, 2.75) is 71.8 Å². The van der Waals surface area contributed by atoms with Gasteiger partial charge in [-0.2, -0.15) is 0 Å². The zero-order chi connectivity index (χ0) is 10.8. The van der Waals surface area contributed by atoms with Crippen LogP contribution in [0.2, 0.25) is 0 Å². The number of hydrogen-bond donors (Lipinski definition) is 1. The van der Waals surface area contributed by atoms with E-state index in [1.165, 1.54) is 44.9 Å². The van der Waals surface area contributed by atoms with Crippen LogP contribution in [0, 0.1) is 5.92 Å². The highest BCUT2D eigenvalue weighted by Crippen LogP contribution is 2.17. The Morgan fingerprint density at radius 1 is 1.00 bits per heavy atom. The second kappa shape index (κ2) is 9.51. The molecule has 0 saturated carbocycles. The van der Waals surface area contributed by atoms with Gasteiger partial charge in [-0.25, -0.2) is 0 Å². The lowest BCUT2D eigenvalue weighted by molar-refractivity contribution is 0.358. The summed E-state index contributed by atoms with van der Waals surface area (Å²) in [5, 5.41) is 3.46. The standard InChI is InChI=1S/C13H29N/c1-5-8-9-10-13(14-4)11-12(6-2)7-3/h12-14H,5-11H2,1-4H3. The average molecular weight is 199 g/mol. The van der Waals surface area contributed by atoms with Crippen LogP contribution in [0.5, 0.6) is 0 Å². The Bertz CT molecular complexity index is 108. The monoisotopic (exact) mass is 199 g/mol. The van der Waals surface area contributed by atoms with Gasteiger partial charge in [0.2, 0.25) is 0 Å². The molecule has 1 N–H and O–H groups in total. The predicted octanol–water partition coefficient (Wildman–Crippen LogP) is 3.98. The van der Waals surface area contributed by atoms with Crippen molar-refractivity contribution in [1.29, 1.82) is 0 Å². The molecule has 0 rings (SSSR count). The second-order valence-electron chi connectivity index (χ2n) is 4.40. The molecule has 0 aliphatic rings. The summed E-state index contributed by atoms with van der Waals surface area (Å²) < 4.78 is 0. The molecule has 0 aliphatic carbocycles. The molecule has 0 aliphatic heterocycles. The van der Waals surface area contributed by atoms with E-state index in [0.717, 1.165) is 12.0 Å². The van der Waals surface area contributed by atoms with Crippen LogP contribution in [-0.4, -0.2) is 13.1 Å². The molecule has 14 heavy (non-hydrogen) atoms. The Balaban J connectivity index is 3.65. The van der Waals surface area contributed by atoms with Gasteiger partial charge >= 0.3 is 0 Å². The van der Waals surface area contributed by atoms with E-state index < -0.39 is 0 Å². The maximum atomic E-state index is 3.46. The van der Waals surface area contributed by atoms with Crippen molar-refractivity contribution in [1.82, 2.24) is 5.32 Å². The number of unbranched alkanes of at least 4 members (excludes halogenated alkanes) is 2. The summed E-state index contributed by atoms with van der Waals surface area (Å²) >= 11 is 0. The Kier molecular flexibility index (Phi) is 9.49. The molecule has 0 heterocycles. The highest BCUT2D eigenvalue weighted by atomic mass is 14.9. The SMILES string of the molecule is CCCCCC(CC(CC)CC)NC. The van der Waals surface area contributed by atoms with Crippen LogP contribution in [0.25, 0.3) is 0 Å². The van der Waals surface area contributed by atoms with E-state index in [2.05, 4.69) is 33.1 Å². The molecule has 0 aromatic heterocycles. The molecule has 0 saturated heterocycles. The van der Waals surface area contributed by atoms with Crippen molar-refractivity contribution in [2.75, 3.05) is 7.05 Å². The summed E-state index contributed by atoms with van der Waals surface area (Å²) in [5.41, 5.74) is 0. The van der Waals surface area contributed by atoms with Crippen LogP contribution in [0.3, 0.4) is 0 Å². The minimum absolute atomic E-state index is 0.756. The van der Waals surface area contributed by atoms with E-state index in [1.807, 2.05) is 0 Å². The van der Waals surface area contributed by atoms with Crippen LogP contribution in [0.1, 0.15) is 65.7 Å². The van der Waals surface area contributed by atoms with Gasteiger partial charge < -0.3 is 5.32 Å². The smallest absolute Gasteiger partial charge is 0.00666 e. The van der Waals surface area contributed by atoms with Gasteiger partial charge in [0.15, 0.2) is 0 Å². The Morgan fingerprint density at radius 2 is 1.64 bits per heavy atom. The highest BCUT2D eigenvalue weighted by Gasteiger charge is 2.11. The summed E-state index contributed by atoms with van der Waals surface area (Å²) in [7, 11) is 2.11. The zero-order valence-corrected chi connectivity index (χ0v) is 10.6. The Labute approximate surface area is 90.7 Å². The lowest BCUT2D eigenvalue weighted by atomic mass is 9.92. The van der Waals surface area contributed by atoms with Gasteiger partial charge in [0.05, 0.1) is 0 Å². The normalized spacial score (nSPS) is 13.5. The molecule has 0 aromatic rings.